The Morgan fingerprint density at radius 2 is 1.37 bits per heavy atom. The van der Waals surface area contributed by atoms with Gasteiger partial charge in [-0.1, -0.05) is 91.0 Å². The van der Waals surface area contributed by atoms with Crippen LogP contribution in [0.25, 0.3) is 0 Å². The molecule has 0 radical (unpaired) electrons. The van der Waals surface area contributed by atoms with Gasteiger partial charge < -0.3 is 23.7 Å². The van der Waals surface area contributed by atoms with E-state index in [0.29, 0.717) is 6.61 Å². The van der Waals surface area contributed by atoms with E-state index >= 15 is 0 Å². The Morgan fingerprint density at radius 1 is 0.829 bits per heavy atom. The highest BCUT2D eigenvalue weighted by Gasteiger charge is 2.72. The van der Waals surface area contributed by atoms with Crippen LogP contribution >= 0.6 is 0 Å². The van der Waals surface area contributed by atoms with E-state index in [0.717, 1.165) is 16.7 Å². The first-order valence-electron chi connectivity index (χ1n) is 13.8. The van der Waals surface area contributed by atoms with Gasteiger partial charge in [-0.3, -0.25) is 14.9 Å². The van der Waals surface area contributed by atoms with Gasteiger partial charge in [-0.05, 0) is 16.7 Å². The third kappa shape index (κ3) is 6.39. The minimum absolute atomic E-state index is 0.0929. The maximum absolute atomic E-state index is 13.1. The second kappa shape index (κ2) is 13.5. The first kappa shape index (κ1) is 29.0. The summed E-state index contributed by atoms with van der Waals surface area (Å²) >= 11 is 0. The van der Waals surface area contributed by atoms with E-state index in [-0.39, 0.29) is 43.4 Å². The highest BCUT2D eigenvalue weighted by atomic mass is 16.7. The lowest BCUT2D eigenvalue weighted by Crippen LogP contribution is -2.77. The monoisotopic (exact) mass is 561 g/mol. The molecule has 1 saturated carbocycles. The summed E-state index contributed by atoms with van der Waals surface area (Å²) in [5.41, 5.74) is 0.870. The van der Waals surface area contributed by atoms with E-state index in [1.165, 1.54) is 7.11 Å². The zero-order valence-corrected chi connectivity index (χ0v) is 23.0. The molecule has 3 aromatic rings. The lowest BCUT2D eigenvalue weighted by atomic mass is 9.68. The second-order valence-electron chi connectivity index (χ2n) is 10.5. The van der Waals surface area contributed by atoms with Crippen molar-refractivity contribution < 1.29 is 33.4 Å². The van der Waals surface area contributed by atoms with E-state index in [4.69, 9.17) is 23.7 Å². The van der Waals surface area contributed by atoms with Crippen LogP contribution in [0.5, 0.6) is 0 Å². The SMILES string of the molecule is COC1CC(=O)CC2O[C@H](COCc3ccccc3)[C@H](OCc3ccccc3)[C@H](OCc3ccccc3)C12[N+](=O)[O-]. The van der Waals surface area contributed by atoms with Crippen molar-refractivity contribution in [1.29, 1.82) is 0 Å². The normalized spacial score (nSPS) is 27.7. The molecule has 0 spiro atoms. The number of ketones is 1. The molecule has 6 atom stereocenters. The summed E-state index contributed by atoms with van der Waals surface area (Å²) in [6.45, 7) is 0.716. The fourth-order valence-electron chi connectivity index (χ4n) is 5.86. The smallest absolute Gasteiger partial charge is 0.302 e. The zero-order valence-electron chi connectivity index (χ0n) is 23.0. The average molecular weight is 562 g/mol. The quantitative estimate of drug-likeness (QED) is 0.235. The molecule has 1 saturated heterocycles. The summed E-state index contributed by atoms with van der Waals surface area (Å²) in [5, 5.41) is 13.1. The lowest BCUT2D eigenvalue weighted by molar-refractivity contribution is -0.624. The Kier molecular flexibility index (Phi) is 9.53. The maximum Gasteiger partial charge on any atom is 0.302 e. The average Bonchev–Trinajstić information content (AvgIpc) is 3.00. The van der Waals surface area contributed by atoms with E-state index in [2.05, 4.69) is 0 Å². The molecule has 0 bridgehead atoms. The molecule has 3 unspecified atom stereocenters. The molecule has 9 nitrogen and oxygen atoms in total. The third-order valence-electron chi connectivity index (χ3n) is 7.87. The number of nitrogens with zero attached hydrogens (tertiary/aromatic N) is 1. The van der Waals surface area contributed by atoms with Gasteiger partial charge in [0.25, 0.3) is 0 Å². The fourth-order valence-corrected chi connectivity index (χ4v) is 5.86. The molecule has 41 heavy (non-hydrogen) atoms. The molecule has 9 heteroatoms. The number of ether oxygens (including phenoxy) is 5. The molecule has 1 aliphatic heterocycles. The van der Waals surface area contributed by atoms with Crippen molar-refractivity contribution >= 4 is 5.78 Å². The summed E-state index contributed by atoms with van der Waals surface area (Å²) in [7, 11) is 1.38. The van der Waals surface area contributed by atoms with Gasteiger partial charge in [0.1, 0.15) is 30.2 Å². The fraction of sp³-hybridized carbons (Fsp3) is 0.406. The zero-order chi connectivity index (χ0) is 28.7. The highest BCUT2D eigenvalue weighted by molar-refractivity contribution is 5.81. The molecule has 1 heterocycles. The Hall–Kier alpha value is -3.47. The Morgan fingerprint density at radius 3 is 1.90 bits per heavy atom. The Bertz CT molecular complexity index is 1270. The summed E-state index contributed by atoms with van der Waals surface area (Å²) in [6.07, 6.45) is -5.07. The molecule has 0 N–H and O–H groups in total. The molecular formula is C32H35NO8. The van der Waals surface area contributed by atoms with Crippen LogP contribution in [0.1, 0.15) is 29.5 Å². The Labute approximate surface area is 239 Å². The van der Waals surface area contributed by atoms with E-state index < -0.39 is 36.1 Å². The van der Waals surface area contributed by atoms with Crippen molar-refractivity contribution in [3.8, 4) is 0 Å². The van der Waals surface area contributed by atoms with Crippen LogP contribution in [-0.2, 0) is 48.3 Å². The molecule has 216 valence electrons. The number of hydrogen-bond acceptors (Lipinski definition) is 8. The van der Waals surface area contributed by atoms with Crippen LogP contribution in [0.3, 0.4) is 0 Å². The molecule has 5 rings (SSSR count). The summed E-state index contributed by atoms with van der Waals surface area (Å²) in [4.78, 5) is 25.5. The molecule has 2 fully saturated rings. The number of Topliss-reactive ketones (excluding diaryl/α,β-unsaturated/α-hetero) is 1. The standard InChI is InChI=1S/C32H35NO8/c1-37-28-17-26(34)18-29-32(28,33(35)36)31(40-21-25-15-9-4-10-16-25)30(39-20-24-13-7-3-8-14-24)27(41-29)22-38-19-23-11-5-2-6-12-23/h2-16,27-31H,17-22H2,1H3/t27-,28?,29?,30+,31+,32?/m1/s1. The van der Waals surface area contributed by atoms with Gasteiger partial charge >= 0.3 is 5.54 Å². The summed E-state index contributed by atoms with van der Waals surface area (Å²) < 4.78 is 31.0. The second-order valence-corrected chi connectivity index (χ2v) is 10.5. The molecule has 0 amide bonds. The van der Waals surface area contributed by atoms with Gasteiger partial charge in [-0.25, -0.2) is 0 Å². The molecule has 0 aromatic heterocycles. The van der Waals surface area contributed by atoms with Crippen molar-refractivity contribution in [1.82, 2.24) is 0 Å². The molecule has 2 aliphatic rings. The maximum atomic E-state index is 13.1. The van der Waals surface area contributed by atoms with Crippen molar-refractivity contribution in [2.45, 2.75) is 68.7 Å². The number of nitro groups is 1. The van der Waals surface area contributed by atoms with Crippen LogP contribution in [0.2, 0.25) is 0 Å². The van der Waals surface area contributed by atoms with E-state index in [1.807, 2.05) is 91.0 Å². The van der Waals surface area contributed by atoms with Gasteiger partial charge in [0.2, 0.25) is 0 Å². The number of benzene rings is 3. The number of methoxy groups -OCH3 is 1. The van der Waals surface area contributed by atoms with E-state index in [1.54, 1.807) is 0 Å². The van der Waals surface area contributed by atoms with Crippen LogP contribution in [0, 0.1) is 10.1 Å². The Balaban J connectivity index is 1.50. The highest BCUT2D eigenvalue weighted by Crippen LogP contribution is 2.45. The summed E-state index contributed by atoms with van der Waals surface area (Å²) in [6, 6.07) is 28.7. The van der Waals surface area contributed by atoms with Gasteiger partial charge in [-0.2, -0.15) is 0 Å². The molecule has 1 aliphatic carbocycles. The van der Waals surface area contributed by atoms with Crippen LogP contribution in [0.15, 0.2) is 91.0 Å². The van der Waals surface area contributed by atoms with Crippen molar-refractivity contribution in [3.63, 3.8) is 0 Å². The van der Waals surface area contributed by atoms with Crippen molar-refractivity contribution in [2.24, 2.45) is 0 Å². The first-order chi connectivity index (χ1) is 20.0. The third-order valence-corrected chi connectivity index (χ3v) is 7.87. The first-order valence-corrected chi connectivity index (χ1v) is 13.8. The predicted molar refractivity (Wildman–Crippen MR) is 150 cm³/mol. The number of carbonyl (C=O) groups is 1. The lowest BCUT2D eigenvalue weighted by Gasteiger charge is -2.52. The van der Waals surface area contributed by atoms with Gasteiger partial charge in [0.15, 0.2) is 6.10 Å². The molecule has 3 aromatic carbocycles. The largest absolute Gasteiger partial charge is 0.374 e. The number of rotatable bonds is 12. The van der Waals surface area contributed by atoms with Crippen LogP contribution < -0.4 is 0 Å². The number of fused-ring (bicyclic) bond motifs is 1. The molecular weight excluding hydrogens is 526 g/mol. The minimum Gasteiger partial charge on any atom is -0.374 e. The van der Waals surface area contributed by atoms with Crippen molar-refractivity contribution in [3.05, 3.63) is 118 Å². The summed E-state index contributed by atoms with van der Waals surface area (Å²) in [5.74, 6) is -0.159. The number of carbonyl (C=O) groups excluding carboxylic acids is 1. The van der Waals surface area contributed by atoms with Gasteiger partial charge in [0, 0.05) is 24.9 Å². The topological polar surface area (TPSA) is 106 Å². The van der Waals surface area contributed by atoms with Crippen LogP contribution in [-0.4, -0.2) is 60.5 Å². The van der Waals surface area contributed by atoms with Crippen molar-refractivity contribution in [2.75, 3.05) is 13.7 Å². The van der Waals surface area contributed by atoms with Gasteiger partial charge in [0.05, 0.1) is 26.4 Å². The number of hydrogen-bond donors (Lipinski definition) is 0. The minimum atomic E-state index is -1.87. The van der Waals surface area contributed by atoms with Crippen LogP contribution in [0.4, 0.5) is 0 Å². The van der Waals surface area contributed by atoms with Gasteiger partial charge in [-0.15, -0.1) is 0 Å². The predicted octanol–water partition coefficient (Wildman–Crippen LogP) is 4.53. The van der Waals surface area contributed by atoms with E-state index in [9.17, 15) is 14.9 Å².